The molecule has 0 saturated heterocycles. The van der Waals surface area contributed by atoms with E-state index in [-0.39, 0.29) is 6.61 Å². The van der Waals surface area contributed by atoms with Gasteiger partial charge in [0.1, 0.15) is 0 Å². The molecule has 2 heteroatoms. The van der Waals surface area contributed by atoms with Crippen LogP contribution in [0.3, 0.4) is 0 Å². The molecule has 0 aromatic carbocycles. The van der Waals surface area contributed by atoms with Crippen molar-refractivity contribution in [3.63, 3.8) is 0 Å². The lowest BCUT2D eigenvalue weighted by molar-refractivity contribution is 0.0189. The van der Waals surface area contributed by atoms with Crippen LogP contribution in [0.2, 0.25) is 0 Å². The van der Waals surface area contributed by atoms with Gasteiger partial charge < -0.3 is 9.84 Å². The molecule has 72 valence electrons. The summed E-state index contributed by atoms with van der Waals surface area (Å²) in [6, 6.07) is 0. The third kappa shape index (κ3) is 2.76. The molecule has 0 bridgehead atoms. The zero-order valence-electron chi connectivity index (χ0n) is 7.96. The Kier molecular flexibility index (Phi) is 4.62. The molecule has 1 unspecified atom stereocenters. The van der Waals surface area contributed by atoms with Crippen LogP contribution in [0.1, 0.15) is 38.5 Å². The van der Waals surface area contributed by atoms with Crippen LogP contribution in [0.25, 0.3) is 0 Å². The van der Waals surface area contributed by atoms with Crippen molar-refractivity contribution in [2.45, 2.75) is 44.6 Å². The molecule has 1 N–H and O–H groups in total. The molecule has 12 heavy (non-hydrogen) atoms. The summed E-state index contributed by atoms with van der Waals surface area (Å²) in [4.78, 5) is 0. The molecule has 0 spiro atoms. The summed E-state index contributed by atoms with van der Waals surface area (Å²) in [6.07, 6.45) is 7.76. The number of aliphatic hydroxyl groups excluding tert-OH is 1. The minimum atomic E-state index is 0.259. The molecular weight excluding hydrogens is 152 g/mol. The van der Waals surface area contributed by atoms with Gasteiger partial charge in [0.15, 0.2) is 0 Å². The lowest BCUT2D eigenvalue weighted by Crippen LogP contribution is -2.25. The van der Waals surface area contributed by atoms with Gasteiger partial charge in [-0.25, -0.2) is 0 Å². The summed E-state index contributed by atoms with van der Waals surface area (Å²) in [7, 11) is 1.76. The summed E-state index contributed by atoms with van der Waals surface area (Å²) in [6.45, 7) is 0.259. The van der Waals surface area contributed by atoms with Crippen LogP contribution >= 0.6 is 0 Å². The van der Waals surface area contributed by atoms with Gasteiger partial charge >= 0.3 is 0 Å². The van der Waals surface area contributed by atoms with Crippen molar-refractivity contribution in [3.05, 3.63) is 0 Å². The van der Waals surface area contributed by atoms with Gasteiger partial charge in [-0.1, -0.05) is 19.3 Å². The summed E-state index contributed by atoms with van der Waals surface area (Å²) in [5.74, 6) is 0.705. The van der Waals surface area contributed by atoms with E-state index >= 15 is 0 Å². The largest absolute Gasteiger partial charge is 0.396 e. The number of ether oxygens (including phenoxy) is 1. The second-order valence-electron chi connectivity index (χ2n) is 3.68. The normalized spacial score (nSPS) is 22.5. The highest BCUT2D eigenvalue weighted by atomic mass is 16.5. The van der Waals surface area contributed by atoms with E-state index in [9.17, 15) is 0 Å². The summed E-state index contributed by atoms with van der Waals surface area (Å²) < 4.78 is 5.37. The van der Waals surface area contributed by atoms with Gasteiger partial charge in [0, 0.05) is 13.7 Å². The first-order valence-electron chi connectivity index (χ1n) is 5.02. The van der Waals surface area contributed by atoms with E-state index in [1.54, 1.807) is 7.11 Å². The molecule has 1 aliphatic carbocycles. The average Bonchev–Trinajstić information content (AvgIpc) is 2.15. The first-order chi connectivity index (χ1) is 5.88. The van der Waals surface area contributed by atoms with E-state index in [0.29, 0.717) is 12.0 Å². The first kappa shape index (κ1) is 10.0. The molecule has 0 radical (unpaired) electrons. The third-order valence-corrected chi connectivity index (χ3v) is 2.89. The molecule has 0 aliphatic heterocycles. The maximum absolute atomic E-state index is 8.82. The topological polar surface area (TPSA) is 29.5 Å². The van der Waals surface area contributed by atoms with Gasteiger partial charge in [0.05, 0.1) is 6.10 Å². The van der Waals surface area contributed by atoms with E-state index in [1.165, 1.54) is 32.1 Å². The molecular formula is C10H20O2. The molecule has 0 aromatic heterocycles. The molecule has 2 nitrogen and oxygen atoms in total. The second-order valence-corrected chi connectivity index (χ2v) is 3.68. The van der Waals surface area contributed by atoms with Gasteiger partial charge in [-0.15, -0.1) is 0 Å². The van der Waals surface area contributed by atoms with E-state index in [0.717, 1.165) is 6.42 Å². The van der Waals surface area contributed by atoms with Crippen LogP contribution in [0.15, 0.2) is 0 Å². The maximum atomic E-state index is 8.82. The van der Waals surface area contributed by atoms with Crippen LogP contribution in [0, 0.1) is 5.92 Å². The zero-order chi connectivity index (χ0) is 8.81. The van der Waals surface area contributed by atoms with Gasteiger partial charge in [-0.2, -0.15) is 0 Å². The Bertz CT molecular complexity index is 106. The minimum Gasteiger partial charge on any atom is -0.396 e. The van der Waals surface area contributed by atoms with Gasteiger partial charge in [0.25, 0.3) is 0 Å². The SMILES string of the molecule is COC(CCO)C1CCCCC1. The van der Waals surface area contributed by atoms with E-state index < -0.39 is 0 Å². The van der Waals surface area contributed by atoms with Gasteiger partial charge in [-0.05, 0) is 25.2 Å². The number of rotatable bonds is 4. The third-order valence-electron chi connectivity index (χ3n) is 2.89. The fourth-order valence-electron chi connectivity index (χ4n) is 2.18. The molecule has 1 rings (SSSR count). The molecule has 1 fully saturated rings. The Morgan fingerprint density at radius 1 is 1.33 bits per heavy atom. The van der Waals surface area contributed by atoms with Crippen molar-refractivity contribution < 1.29 is 9.84 Å². The summed E-state index contributed by atoms with van der Waals surface area (Å²) >= 11 is 0. The highest BCUT2D eigenvalue weighted by Crippen LogP contribution is 2.28. The van der Waals surface area contributed by atoms with Crippen molar-refractivity contribution >= 4 is 0 Å². The average molecular weight is 172 g/mol. The Labute approximate surface area is 74.9 Å². The quantitative estimate of drug-likeness (QED) is 0.702. The van der Waals surface area contributed by atoms with Crippen LogP contribution in [0.5, 0.6) is 0 Å². The van der Waals surface area contributed by atoms with E-state index in [4.69, 9.17) is 9.84 Å². The minimum absolute atomic E-state index is 0.259. The van der Waals surface area contributed by atoms with Crippen molar-refractivity contribution in [1.82, 2.24) is 0 Å². The van der Waals surface area contributed by atoms with Crippen molar-refractivity contribution in [2.24, 2.45) is 5.92 Å². The van der Waals surface area contributed by atoms with Crippen molar-refractivity contribution in [3.8, 4) is 0 Å². The van der Waals surface area contributed by atoms with Crippen molar-refractivity contribution in [1.29, 1.82) is 0 Å². The van der Waals surface area contributed by atoms with Gasteiger partial charge in [0.2, 0.25) is 0 Å². The monoisotopic (exact) mass is 172 g/mol. The van der Waals surface area contributed by atoms with Gasteiger partial charge in [-0.3, -0.25) is 0 Å². The smallest absolute Gasteiger partial charge is 0.0621 e. The Morgan fingerprint density at radius 3 is 2.50 bits per heavy atom. The molecule has 0 heterocycles. The predicted octanol–water partition coefficient (Wildman–Crippen LogP) is 1.96. The van der Waals surface area contributed by atoms with Crippen LogP contribution < -0.4 is 0 Å². The molecule has 0 aromatic rings. The maximum Gasteiger partial charge on any atom is 0.0621 e. The summed E-state index contributed by atoms with van der Waals surface area (Å²) in [5, 5.41) is 8.82. The number of hydrogen-bond donors (Lipinski definition) is 1. The molecule has 0 amide bonds. The van der Waals surface area contributed by atoms with Crippen LogP contribution in [0.4, 0.5) is 0 Å². The molecule has 1 saturated carbocycles. The Hall–Kier alpha value is -0.0800. The Balaban J connectivity index is 2.29. The van der Waals surface area contributed by atoms with E-state index in [1.807, 2.05) is 0 Å². The number of aliphatic hydroxyl groups is 1. The molecule has 1 atom stereocenters. The predicted molar refractivity (Wildman–Crippen MR) is 49.1 cm³/mol. The number of methoxy groups -OCH3 is 1. The first-order valence-corrected chi connectivity index (χ1v) is 5.02. The number of hydrogen-bond acceptors (Lipinski definition) is 2. The Morgan fingerprint density at radius 2 is 2.00 bits per heavy atom. The van der Waals surface area contributed by atoms with Crippen LogP contribution in [-0.4, -0.2) is 24.9 Å². The van der Waals surface area contributed by atoms with Crippen molar-refractivity contribution in [2.75, 3.05) is 13.7 Å². The molecule has 1 aliphatic rings. The lowest BCUT2D eigenvalue weighted by atomic mass is 9.84. The highest BCUT2D eigenvalue weighted by Gasteiger charge is 2.22. The zero-order valence-corrected chi connectivity index (χ0v) is 7.96. The fraction of sp³-hybridized carbons (Fsp3) is 1.00. The second kappa shape index (κ2) is 5.55. The highest BCUT2D eigenvalue weighted by molar-refractivity contribution is 4.73. The van der Waals surface area contributed by atoms with E-state index in [2.05, 4.69) is 0 Å². The fourth-order valence-corrected chi connectivity index (χ4v) is 2.18. The lowest BCUT2D eigenvalue weighted by Gasteiger charge is -2.28. The summed E-state index contributed by atoms with van der Waals surface area (Å²) in [5.41, 5.74) is 0. The van der Waals surface area contributed by atoms with Crippen LogP contribution in [-0.2, 0) is 4.74 Å². The standard InChI is InChI=1S/C10H20O2/c1-12-10(7-8-11)9-5-3-2-4-6-9/h9-11H,2-8H2,1H3.